The number of carbonyl (C=O) groups excluding carboxylic acids is 2. The van der Waals surface area contributed by atoms with Crippen LogP contribution in [0.4, 0.5) is 5.69 Å². The van der Waals surface area contributed by atoms with Gasteiger partial charge >= 0.3 is 0 Å². The number of amides is 2. The first kappa shape index (κ1) is 11.8. The van der Waals surface area contributed by atoms with E-state index in [0.29, 0.717) is 12.1 Å². The van der Waals surface area contributed by atoms with Crippen LogP contribution in [0.15, 0.2) is 24.3 Å². The SMILES string of the molecule is Cc1ccc(N2C(=O)CC(C(C)C)C2=O)cc1. The smallest absolute Gasteiger partial charge is 0.237 e. The molecule has 1 aromatic rings. The van der Waals surface area contributed by atoms with Gasteiger partial charge in [-0.15, -0.1) is 0 Å². The van der Waals surface area contributed by atoms with Gasteiger partial charge in [0.15, 0.2) is 0 Å². The van der Waals surface area contributed by atoms with E-state index in [4.69, 9.17) is 0 Å². The number of anilines is 1. The summed E-state index contributed by atoms with van der Waals surface area (Å²) in [6.45, 7) is 5.94. The molecule has 2 amide bonds. The highest BCUT2D eigenvalue weighted by Gasteiger charge is 2.40. The molecule has 0 aliphatic carbocycles. The van der Waals surface area contributed by atoms with E-state index in [1.165, 1.54) is 4.90 Å². The number of nitrogens with zero attached hydrogens (tertiary/aromatic N) is 1. The van der Waals surface area contributed by atoms with E-state index < -0.39 is 0 Å². The fourth-order valence-electron chi connectivity index (χ4n) is 2.14. The first-order valence-electron chi connectivity index (χ1n) is 5.94. The Kier molecular flexibility index (Phi) is 3.01. The molecule has 1 fully saturated rings. The van der Waals surface area contributed by atoms with E-state index in [1.807, 2.05) is 45.0 Å². The molecule has 0 bridgehead atoms. The maximum atomic E-state index is 12.1. The Morgan fingerprint density at radius 2 is 1.76 bits per heavy atom. The van der Waals surface area contributed by atoms with Crippen LogP contribution in [0.1, 0.15) is 25.8 Å². The van der Waals surface area contributed by atoms with Crippen LogP contribution in [0, 0.1) is 18.8 Å². The number of hydrogen-bond donors (Lipinski definition) is 0. The van der Waals surface area contributed by atoms with E-state index in [9.17, 15) is 9.59 Å². The minimum absolute atomic E-state index is 0.0612. The molecule has 0 spiro atoms. The molecule has 17 heavy (non-hydrogen) atoms. The molecule has 1 aliphatic rings. The van der Waals surface area contributed by atoms with Crippen LogP contribution >= 0.6 is 0 Å². The molecule has 0 N–H and O–H groups in total. The Hall–Kier alpha value is -1.64. The summed E-state index contributed by atoms with van der Waals surface area (Å²) in [5, 5.41) is 0. The summed E-state index contributed by atoms with van der Waals surface area (Å²) in [4.78, 5) is 25.4. The molecule has 3 heteroatoms. The summed E-state index contributed by atoms with van der Waals surface area (Å²) in [5.74, 6) is -0.0999. The van der Waals surface area contributed by atoms with Crippen molar-refractivity contribution in [1.82, 2.24) is 0 Å². The standard InChI is InChI=1S/C14H17NO2/c1-9(2)12-8-13(16)15(14(12)17)11-6-4-10(3)5-7-11/h4-7,9,12H,8H2,1-3H3. The van der Waals surface area contributed by atoms with Crippen LogP contribution in [0.5, 0.6) is 0 Å². The van der Waals surface area contributed by atoms with Crippen LogP contribution in [-0.2, 0) is 9.59 Å². The minimum Gasteiger partial charge on any atom is -0.274 e. The zero-order chi connectivity index (χ0) is 12.6. The van der Waals surface area contributed by atoms with Crippen molar-refractivity contribution in [3.05, 3.63) is 29.8 Å². The quantitative estimate of drug-likeness (QED) is 0.733. The highest BCUT2D eigenvalue weighted by atomic mass is 16.2. The van der Waals surface area contributed by atoms with Gasteiger partial charge in [-0.1, -0.05) is 31.5 Å². The fourth-order valence-corrected chi connectivity index (χ4v) is 2.14. The number of rotatable bonds is 2. The second-order valence-electron chi connectivity index (χ2n) is 4.96. The van der Waals surface area contributed by atoms with Gasteiger partial charge in [0.25, 0.3) is 0 Å². The van der Waals surface area contributed by atoms with Crippen molar-refractivity contribution < 1.29 is 9.59 Å². The van der Waals surface area contributed by atoms with E-state index in [2.05, 4.69) is 0 Å². The van der Waals surface area contributed by atoms with Crippen LogP contribution in [0.25, 0.3) is 0 Å². The van der Waals surface area contributed by atoms with Crippen molar-refractivity contribution in [2.75, 3.05) is 4.90 Å². The Bertz CT molecular complexity index is 448. The third-order valence-corrected chi connectivity index (χ3v) is 3.28. The number of carbonyl (C=O) groups is 2. The lowest BCUT2D eigenvalue weighted by Gasteiger charge is -2.16. The average Bonchev–Trinajstić information content (AvgIpc) is 2.56. The van der Waals surface area contributed by atoms with Crippen molar-refractivity contribution in [3.8, 4) is 0 Å². The van der Waals surface area contributed by atoms with Crippen molar-refractivity contribution in [1.29, 1.82) is 0 Å². The Labute approximate surface area is 101 Å². The molecule has 1 aliphatic heterocycles. The lowest BCUT2D eigenvalue weighted by Crippen LogP contribution is -2.31. The van der Waals surface area contributed by atoms with Crippen LogP contribution in [0.2, 0.25) is 0 Å². The van der Waals surface area contributed by atoms with Gasteiger partial charge in [-0.3, -0.25) is 14.5 Å². The van der Waals surface area contributed by atoms with Crippen molar-refractivity contribution >= 4 is 17.5 Å². The molecule has 0 aromatic heterocycles. The maximum Gasteiger partial charge on any atom is 0.237 e. The molecule has 1 saturated heterocycles. The third kappa shape index (κ3) is 2.09. The van der Waals surface area contributed by atoms with Crippen LogP contribution < -0.4 is 4.90 Å². The summed E-state index contributed by atoms with van der Waals surface area (Å²) < 4.78 is 0. The van der Waals surface area contributed by atoms with Gasteiger partial charge in [-0.05, 0) is 25.0 Å². The maximum absolute atomic E-state index is 12.1. The second kappa shape index (κ2) is 4.32. The number of benzene rings is 1. The van der Waals surface area contributed by atoms with Gasteiger partial charge in [0.05, 0.1) is 11.6 Å². The van der Waals surface area contributed by atoms with Crippen LogP contribution in [-0.4, -0.2) is 11.8 Å². The van der Waals surface area contributed by atoms with Gasteiger partial charge in [-0.25, -0.2) is 0 Å². The summed E-state index contributed by atoms with van der Waals surface area (Å²) in [6.07, 6.45) is 0.338. The van der Waals surface area contributed by atoms with E-state index >= 15 is 0 Å². The van der Waals surface area contributed by atoms with Crippen LogP contribution in [0.3, 0.4) is 0 Å². The van der Waals surface area contributed by atoms with Crippen molar-refractivity contribution in [3.63, 3.8) is 0 Å². The highest BCUT2D eigenvalue weighted by molar-refractivity contribution is 6.20. The predicted octanol–water partition coefficient (Wildman–Crippen LogP) is 2.53. The normalized spacial score (nSPS) is 20.5. The molecule has 1 aromatic carbocycles. The third-order valence-electron chi connectivity index (χ3n) is 3.28. The lowest BCUT2D eigenvalue weighted by molar-refractivity contribution is -0.122. The minimum atomic E-state index is -0.163. The Balaban J connectivity index is 2.30. The monoisotopic (exact) mass is 231 g/mol. The summed E-state index contributed by atoms with van der Waals surface area (Å²) in [5.41, 5.74) is 1.81. The van der Waals surface area contributed by atoms with E-state index in [0.717, 1.165) is 5.56 Å². The fraction of sp³-hybridized carbons (Fsp3) is 0.429. The molecule has 1 atom stereocenters. The predicted molar refractivity (Wildman–Crippen MR) is 66.6 cm³/mol. The molecular weight excluding hydrogens is 214 g/mol. The topological polar surface area (TPSA) is 37.4 Å². The lowest BCUT2D eigenvalue weighted by atomic mass is 9.94. The van der Waals surface area contributed by atoms with Gasteiger partial charge in [0, 0.05) is 6.42 Å². The molecule has 2 rings (SSSR count). The summed E-state index contributed by atoms with van der Waals surface area (Å²) in [7, 11) is 0. The Morgan fingerprint density at radius 1 is 1.18 bits per heavy atom. The van der Waals surface area contributed by atoms with Gasteiger partial charge < -0.3 is 0 Å². The molecule has 1 heterocycles. The number of aryl methyl sites for hydroxylation is 1. The number of hydrogen-bond acceptors (Lipinski definition) is 2. The highest BCUT2D eigenvalue weighted by Crippen LogP contribution is 2.30. The largest absolute Gasteiger partial charge is 0.274 e. The summed E-state index contributed by atoms with van der Waals surface area (Å²) in [6, 6.07) is 7.48. The van der Waals surface area contributed by atoms with Gasteiger partial charge in [0.1, 0.15) is 0 Å². The van der Waals surface area contributed by atoms with E-state index in [1.54, 1.807) is 0 Å². The summed E-state index contributed by atoms with van der Waals surface area (Å²) >= 11 is 0. The van der Waals surface area contributed by atoms with Crippen molar-refractivity contribution in [2.45, 2.75) is 27.2 Å². The molecule has 90 valence electrons. The molecule has 3 nitrogen and oxygen atoms in total. The van der Waals surface area contributed by atoms with Gasteiger partial charge in [-0.2, -0.15) is 0 Å². The van der Waals surface area contributed by atoms with Gasteiger partial charge in [0.2, 0.25) is 11.8 Å². The Morgan fingerprint density at radius 3 is 2.24 bits per heavy atom. The first-order valence-corrected chi connectivity index (χ1v) is 5.94. The first-order chi connectivity index (χ1) is 8.00. The van der Waals surface area contributed by atoms with Crippen molar-refractivity contribution in [2.24, 2.45) is 11.8 Å². The zero-order valence-corrected chi connectivity index (χ0v) is 10.4. The molecule has 0 radical (unpaired) electrons. The molecule has 1 unspecified atom stereocenters. The second-order valence-corrected chi connectivity index (χ2v) is 4.96. The molecular formula is C14H17NO2. The zero-order valence-electron chi connectivity index (χ0n) is 10.4. The average molecular weight is 231 g/mol. The number of imide groups is 1. The molecule has 0 saturated carbocycles. The van der Waals surface area contributed by atoms with E-state index in [-0.39, 0.29) is 23.7 Å².